The van der Waals surface area contributed by atoms with Crippen LogP contribution < -0.4 is 38.4 Å². The summed E-state index contributed by atoms with van der Waals surface area (Å²) in [4.78, 5) is 2.40. The molecule has 1 aliphatic rings. The molecule has 7 aromatic carbocycles. The van der Waals surface area contributed by atoms with Crippen molar-refractivity contribution in [3.8, 4) is 0 Å². The van der Waals surface area contributed by atoms with Crippen LogP contribution in [0.1, 0.15) is 0 Å². The third-order valence-electron chi connectivity index (χ3n) is 9.22. The van der Waals surface area contributed by atoms with Gasteiger partial charge in [0.2, 0.25) is 0 Å². The molecule has 1 aliphatic heterocycles. The fourth-order valence-electron chi connectivity index (χ4n) is 7.22. The Bertz CT molecular complexity index is 2040. The Labute approximate surface area is 273 Å². The van der Waals surface area contributed by atoms with E-state index in [1.54, 1.807) is 0 Å². The van der Waals surface area contributed by atoms with Crippen LogP contribution in [-0.4, -0.2) is 13.3 Å². The summed E-state index contributed by atoms with van der Waals surface area (Å²) in [7, 11) is -3.08. The van der Waals surface area contributed by atoms with Crippen LogP contribution in [0.5, 0.6) is 0 Å². The fourth-order valence-corrected chi connectivity index (χ4v) is 20.6. The fraction of sp³-hybridized carbons (Fsp3) is 0. The summed E-state index contributed by atoms with van der Waals surface area (Å²) in [6, 6.07) is 68.4. The van der Waals surface area contributed by atoms with Crippen LogP contribution >= 0.6 is 7.14 Å². The topological polar surface area (TPSA) is 20.3 Å². The minimum atomic E-state index is -3.42. The molecule has 7 aromatic rings. The molecule has 0 atom stereocenters. The van der Waals surface area contributed by atoms with Crippen molar-refractivity contribution in [2.75, 3.05) is 4.90 Å². The number of nitrogens with zero attached hydrogens (tertiary/aromatic N) is 1. The molecule has 0 fully saturated rings. The van der Waals surface area contributed by atoms with Gasteiger partial charge in [-0.1, -0.05) is 0 Å². The number of para-hydroxylation sites is 2. The van der Waals surface area contributed by atoms with Crippen LogP contribution in [0.4, 0.5) is 17.1 Å². The van der Waals surface area contributed by atoms with Gasteiger partial charge < -0.3 is 0 Å². The molecular formula is C42H32GeNOP. The average Bonchev–Trinajstić information content (AvgIpc) is 3.15. The molecule has 0 radical (unpaired) electrons. The maximum absolute atomic E-state index is 15.1. The van der Waals surface area contributed by atoms with Gasteiger partial charge in [-0.05, 0) is 0 Å². The van der Waals surface area contributed by atoms with Crippen LogP contribution in [0.15, 0.2) is 194 Å². The second-order valence-corrected chi connectivity index (χ2v) is 22.2. The van der Waals surface area contributed by atoms with E-state index in [0.717, 1.165) is 21.6 Å². The molecule has 0 saturated heterocycles. The second kappa shape index (κ2) is 11.8. The Kier molecular flexibility index (Phi) is 7.33. The van der Waals surface area contributed by atoms with Gasteiger partial charge in [-0.25, -0.2) is 0 Å². The van der Waals surface area contributed by atoms with Gasteiger partial charge >= 0.3 is 275 Å². The zero-order valence-corrected chi connectivity index (χ0v) is 28.3. The van der Waals surface area contributed by atoms with Gasteiger partial charge in [-0.15, -0.1) is 0 Å². The van der Waals surface area contributed by atoms with E-state index in [1.165, 1.54) is 29.0 Å². The number of fused-ring (bicyclic) bond motifs is 2. The standard InChI is InChI=1S/C42H32GeNOP/c45-46(36-21-9-3-10-22-36,37-23-11-4-12-24-37)38-31-29-35(30-32-38)44-41-27-15-13-25-39(41)43(33-17-5-1-6-18-33,34-19-7-2-8-20-34)40-26-14-16-28-42(40)44/h1-32H. The molecule has 0 amide bonds. The van der Waals surface area contributed by atoms with E-state index >= 15 is 4.57 Å². The van der Waals surface area contributed by atoms with E-state index in [2.05, 4.69) is 138 Å². The molecule has 0 spiro atoms. The van der Waals surface area contributed by atoms with E-state index < -0.39 is 20.4 Å². The molecule has 220 valence electrons. The van der Waals surface area contributed by atoms with Crippen LogP contribution in [0, 0.1) is 0 Å². The molecule has 8 rings (SSSR count). The van der Waals surface area contributed by atoms with Gasteiger partial charge in [0.15, 0.2) is 0 Å². The van der Waals surface area contributed by atoms with Gasteiger partial charge in [0.1, 0.15) is 0 Å². The molecule has 0 saturated carbocycles. The summed E-state index contributed by atoms with van der Waals surface area (Å²) >= 11 is -3.42. The minimum absolute atomic E-state index is 0.827. The zero-order chi connectivity index (χ0) is 31.0. The van der Waals surface area contributed by atoms with Crippen molar-refractivity contribution in [2.45, 2.75) is 0 Å². The molecular weight excluding hydrogens is 638 g/mol. The molecule has 46 heavy (non-hydrogen) atoms. The monoisotopic (exact) mass is 671 g/mol. The Balaban J connectivity index is 1.34. The summed E-state index contributed by atoms with van der Waals surface area (Å²) in [5.74, 6) is 0. The summed E-state index contributed by atoms with van der Waals surface area (Å²) in [5.41, 5.74) is 3.46. The zero-order valence-electron chi connectivity index (χ0n) is 25.3. The Morgan fingerprint density at radius 3 is 1.15 bits per heavy atom. The number of benzene rings is 7. The van der Waals surface area contributed by atoms with E-state index in [0.29, 0.717) is 0 Å². The SMILES string of the molecule is O=P(c1ccccc1)(c1ccccc1)c1ccc(N2c3cccc[c]3[Ge]([c]3ccccc3)([c]3ccccc3)[c]3ccccc32)cc1. The Morgan fingerprint density at radius 1 is 0.370 bits per heavy atom. The van der Waals surface area contributed by atoms with E-state index in [1.807, 2.05) is 60.7 Å². The van der Waals surface area contributed by atoms with E-state index in [4.69, 9.17) is 0 Å². The number of anilines is 3. The van der Waals surface area contributed by atoms with Gasteiger partial charge in [0.25, 0.3) is 0 Å². The van der Waals surface area contributed by atoms with Crippen molar-refractivity contribution < 1.29 is 4.57 Å². The molecule has 1 heterocycles. The first-order valence-corrected chi connectivity index (χ1v) is 21.5. The summed E-state index contributed by atoms with van der Waals surface area (Å²) in [5, 5.41) is 2.50. The number of hydrogen-bond donors (Lipinski definition) is 0. The number of hydrogen-bond acceptors (Lipinski definition) is 2. The third-order valence-corrected chi connectivity index (χ3v) is 22.5. The van der Waals surface area contributed by atoms with Crippen molar-refractivity contribution in [3.63, 3.8) is 0 Å². The predicted octanol–water partition coefficient (Wildman–Crippen LogP) is 6.49. The molecule has 2 nitrogen and oxygen atoms in total. The summed E-state index contributed by atoms with van der Waals surface area (Å²) in [6.45, 7) is 0. The van der Waals surface area contributed by atoms with E-state index in [-0.39, 0.29) is 0 Å². The summed E-state index contributed by atoms with van der Waals surface area (Å²) < 4.78 is 20.7. The first-order valence-electron chi connectivity index (χ1n) is 15.6. The van der Waals surface area contributed by atoms with Gasteiger partial charge in [-0.3, -0.25) is 0 Å². The molecule has 0 aliphatic carbocycles. The third kappa shape index (κ3) is 4.44. The normalized spacial score (nSPS) is 13.4. The van der Waals surface area contributed by atoms with Crippen molar-refractivity contribution in [3.05, 3.63) is 194 Å². The maximum atomic E-state index is 15.1. The van der Waals surface area contributed by atoms with Crippen LogP contribution in [0.25, 0.3) is 0 Å². The van der Waals surface area contributed by atoms with Crippen molar-refractivity contribution in [1.29, 1.82) is 0 Å². The van der Waals surface area contributed by atoms with Crippen LogP contribution in [-0.2, 0) is 4.57 Å². The van der Waals surface area contributed by atoms with Gasteiger partial charge in [0, 0.05) is 0 Å². The van der Waals surface area contributed by atoms with Crippen LogP contribution in [0.3, 0.4) is 0 Å². The van der Waals surface area contributed by atoms with Gasteiger partial charge in [0.05, 0.1) is 0 Å². The van der Waals surface area contributed by atoms with E-state index in [9.17, 15) is 0 Å². The van der Waals surface area contributed by atoms with Crippen LogP contribution in [0.2, 0.25) is 0 Å². The number of rotatable bonds is 6. The van der Waals surface area contributed by atoms with Crippen molar-refractivity contribution in [1.82, 2.24) is 0 Å². The summed E-state index contributed by atoms with van der Waals surface area (Å²) in [6.07, 6.45) is 0. The molecule has 0 aromatic heterocycles. The molecule has 4 heteroatoms. The average molecular weight is 670 g/mol. The molecule has 0 bridgehead atoms. The quantitative estimate of drug-likeness (QED) is 0.149. The van der Waals surface area contributed by atoms with Crippen molar-refractivity contribution >= 4 is 71.0 Å². The predicted molar refractivity (Wildman–Crippen MR) is 198 cm³/mol. The molecule has 0 unspecified atom stereocenters. The first kappa shape index (κ1) is 28.6. The molecule has 0 N–H and O–H groups in total. The first-order chi connectivity index (χ1) is 22.7. The van der Waals surface area contributed by atoms with Gasteiger partial charge in [-0.2, -0.15) is 0 Å². The van der Waals surface area contributed by atoms with Crippen molar-refractivity contribution in [2.24, 2.45) is 0 Å². The Morgan fingerprint density at radius 2 is 0.717 bits per heavy atom. The second-order valence-electron chi connectivity index (χ2n) is 11.6. The Hall–Kier alpha value is -4.89.